The van der Waals surface area contributed by atoms with E-state index in [0.717, 1.165) is 15.2 Å². The van der Waals surface area contributed by atoms with Crippen LogP contribution >= 0.6 is 15.9 Å². The zero-order valence-corrected chi connectivity index (χ0v) is 12.6. The fraction of sp³-hybridized carbons (Fsp3) is 0.0714. The highest BCUT2D eigenvalue weighted by atomic mass is 79.9. The van der Waals surface area contributed by atoms with Crippen LogP contribution < -0.4 is 4.74 Å². The molecule has 0 N–H and O–H groups in total. The molecule has 1 aromatic heterocycles. The molecule has 0 bridgehead atoms. The number of hydrogen-bond acceptors (Lipinski definition) is 4. The molecule has 0 fully saturated rings. The minimum Gasteiger partial charge on any atom is -0.432 e. The van der Waals surface area contributed by atoms with Crippen molar-refractivity contribution in [1.82, 2.24) is 9.55 Å². The lowest BCUT2D eigenvalue weighted by Gasteiger charge is -2.09. The highest BCUT2D eigenvalue weighted by molar-refractivity contribution is 9.10. The number of nitrogens with zero attached hydrogens (tertiary/aromatic N) is 3. The van der Waals surface area contributed by atoms with Gasteiger partial charge in [-0.25, -0.2) is 0 Å². The summed E-state index contributed by atoms with van der Waals surface area (Å²) in [6.07, 6.45) is 1.35. The maximum Gasteiger partial charge on any atom is 0.427 e. The van der Waals surface area contributed by atoms with Crippen molar-refractivity contribution in [1.29, 1.82) is 0 Å². The van der Waals surface area contributed by atoms with Crippen molar-refractivity contribution in [2.45, 2.75) is 0 Å². The third-order valence-electron chi connectivity index (χ3n) is 3.07. The van der Waals surface area contributed by atoms with Crippen LogP contribution in [0.5, 0.6) is 11.6 Å². The van der Waals surface area contributed by atoms with E-state index in [1.54, 1.807) is 13.1 Å². The standard InChI is InChI=1S/C14H10BrN3O3/c1-17-8-16-13(18(19)20)14(17)21-11-7-6-9-4-2-3-5-10(9)12(11)15/h2-8H,1H3. The van der Waals surface area contributed by atoms with Crippen molar-refractivity contribution >= 4 is 32.5 Å². The number of aryl methyl sites for hydroxylation is 1. The Morgan fingerprint density at radius 2 is 2.05 bits per heavy atom. The molecule has 0 amide bonds. The van der Waals surface area contributed by atoms with Gasteiger partial charge in [0.2, 0.25) is 6.33 Å². The molecule has 106 valence electrons. The van der Waals surface area contributed by atoms with Gasteiger partial charge in [0.1, 0.15) is 5.75 Å². The van der Waals surface area contributed by atoms with Gasteiger partial charge in [-0.05, 0) is 42.7 Å². The molecule has 2 aromatic carbocycles. The Balaban J connectivity index is 2.09. The summed E-state index contributed by atoms with van der Waals surface area (Å²) in [5.74, 6) is 0.286. The molecule has 0 unspecified atom stereocenters. The second-order valence-corrected chi connectivity index (χ2v) is 5.24. The minimum absolute atomic E-state index is 0.0935. The topological polar surface area (TPSA) is 70.2 Å². The first-order valence-electron chi connectivity index (χ1n) is 6.08. The monoisotopic (exact) mass is 347 g/mol. The number of fused-ring (bicyclic) bond motifs is 1. The van der Waals surface area contributed by atoms with Crippen molar-refractivity contribution in [3.63, 3.8) is 0 Å². The van der Waals surface area contributed by atoms with Gasteiger partial charge in [0.25, 0.3) is 0 Å². The predicted octanol–water partition coefficient (Wildman–Crippen LogP) is 4.04. The average molecular weight is 348 g/mol. The fourth-order valence-corrected chi connectivity index (χ4v) is 2.62. The molecule has 6 nitrogen and oxygen atoms in total. The Bertz CT molecular complexity index is 845. The molecular weight excluding hydrogens is 338 g/mol. The van der Waals surface area contributed by atoms with E-state index in [1.165, 1.54) is 10.9 Å². The Morgan fingerprint density at radius 1 is 1.29 bits per heavy atom. The third-order valence-corrected chi connectivity index (χ3v) is 3.89. The van der Waals surface area contributed by atoms with Crippen molar-refractivity contribution in [2.24, 2.45) is 7.05 Å². The maximum absolute atomic E-state index is 11.0. The Kier molecular flexibility index (Phi) is 3.34. The van der Waals surface area contributed by atoms with Crippen LogP contribution in [0.1, 0.15) is 0 Å². The smallest absolute Gasteiger partial charge is 0.427 e. The van der Waals surface area contributed by atoms with E-state index in [1.807, 2.05) is 30.3 Å². The molecule has 0 aliphatic carbocycles. The molecule has 0 spiro atoms. The molecule has 3 aromatic rings. The van der Waals surface area contributed by atoms with Gasteiger partial charge >= 0.3 is 11.7 Å². The Hall–Kier alpha value is -2.41. The second kappa shape index (κ2) is 5.17. The largest absolute Gasteiger partial charge is 0.432 e. The van der Waals surface area contributed by atoms with Crippen molar-refractivity contribution in [3.8, 4) is 11.6 Å². The van der Waals surface area contributed by atoms with Crippen molar-refractivity contribution in [3.05, 3.63) is 57.3 Å². The molecule has 1 heterocycles. The maximum atomic E-state index is 11.0. The number of nitro groups is 1. The number of hydrogen-bond donors (Lipinski definition) is 0. The van der Waals surface area contributed by atoms with Crippen LogP contribution in [0.25, 0.3) is 10.8 Å². The normalized spacial score (nSPS) is 10.8. The first-order valence-corrected chi connectivity index (χ1v) is 6.88. The first-order chi connectivity index (χ1) is 10.1. The SMILES string of the molecule is Cn1cnc([N+](=O)[O-])c1Oc1ccc2ccccc2c1Br. The second-order valence-electron chi connectivity index (χ2n) is 4.44. The molecule has 0 atom stereocenters. The van der Waals surface area contributed by atoms with Gasteiger partial charge in [-0.2, -0.15) is 0 Å². The number of aromatic nitrogens is 2. The molecule has 0 saturated carbocycles. The van der Waals surface area contributed by atoms with Crippen LogP contribution in [-0.2, 0) is 7.05 Å². The number of halogens is 1. The zero-order valence-electron chi connectivity index (χ0n) is 11.0. The van der Waals surface area contributed by atoms with Gasteiger partial charge in [-0.15, -0.1) is 0 Å². The van der Waals surface area contributed by atoms with Crippen LogP contribution in [-0.4, -0.2) is 14.5 Å². The molecule has 3 rings (SSSR count). The van der Waals surface area contributed by atoms with E-state index < -0.39 is 4.92 Å². The summed E-state index contributed by atoms with van der Waals surface area (Å²) >= 11 is 3.49. The lowest BCUT2D eigenvalue weighted by atomic mass is 10.1. The van der Waals surface area contributed by atoms with Crippen LogP contribution in [0.15, 0.2) is 47.2 Å². The summed E-state index contributed by atoms with van der Waals surface area (Å²) in [6, 6.07) is 11.5. The van der Waals surface area contributed by atoms with E-state index in [9.17, 15) is 10.1 Å². The zero-order chi connectivity index (χ0) is 15.0. The Labute approximate surface area is 128 Å². The summed E-state index contributed by atoms with van der Waals surface area (Å²) < 4.78 is 7.91. The Morgan fingerprint density at radius 3 is 2.81 bits per heavy atom. The van der Waals surface area contributed by atoms with Crippen LogP contribution in [0, 0.1) is 10.1 Å². The fourth-order valence-electron chi connectivity index (χ4n) is 2.05. The minimum atomic E-state index is -0.565. The molecule has 0 radical (unpaired) electrons. The van der Waals surface area contributed by atoms with Gasteiger partial charge in [0.05, 0.1) is 4.47 Å². The molecule has 0 aliphatic rings. The van der Waals surface area contributed by atoms with E-state index in [2.05, 4.69) is 20.9 Å². The van der Waals surface area contributed by atoms with Crippen molar-refractivity contribution < 1.29 is 9.66 Å². The van der Waals surface area contributed by atoms with Gasteiger partial charge < -0.3 is 14.9 Å². The number of benzene rings is 2. The summed E-state index contributed by atoms with van der Waals surface area (Å²) in [7, 11) is 1.64. The summed E-state index contributed by atoms with van der Waals surface area (Å²) in [6.45, 7) is 0. The van der Waals surface area contributed by atoms with Gasteiger partial charge in [-0.1, -0.05) is 30.3 Å². The van der Waals surface area contributed by atoms with Gasteiger partial charge in [0, 0.05) is 7.05 Å². The number of ether oxygens (including phenoxy) is 1. The number of imidazole rings is 1. The van der Waals surface area contributed by atoms with E-state index >= 15 is 0 Å². The van der Waals surface area contributed by atoms with Crippen molar-refractivity contribution in [2.75, 3.05) is 0 Å². The van der Waals surface area contributed by atoms with Gasteiger partial charge in [0.15, 0.2) is 0 Å². The van der Waals surface area contributed by atoms with E-state index in [0.29, 0.717) is 5.75 Å². The summed E-state index contributed by atoms with van der Waals surface area (Å²) in [5, 5.41) is 13.0. The lowest BCUT2D eigenvalue weighted by molar-refractivity contribution is -0.390. The summed E-state index contributed by atoms with van der Waals surface area (Å²) in [4.78, 5) is 14.1. The molecule has 0 saturated heterocycles. The molecular formula is C14H10BrN3O3. The molecule has 21 heavy (non-hydrogen) atoms. The molecule has 7 heteroatoms. The average Bonchev–Trinajstić information content (AvgIpc) is 2.84. The quantitative estimate of drug-likeness (QED) is 0.529. The lowest BCUT2D eigenvalue weighted by Crippen LogP contribution is -1.97. The number of rotatable bonds is 3. The van der Waals surface area contributed by atoms with Crippen LogP contribution in [0.4, 0.5) is 5.82 Å². The third kappa shape index (κ3) is 2.36. The summed E-state index contributed by atoms with van der Waals surface area (Å²) in [5.41, 5.74) is 0. The highest BCUT2D eigenvalue weighted by Gasteiger charge is 2.23. The predicted molar refractivity (Wildman–Crippen MR) is 81.6 cm³/mol. The van der Waals surface area contributed by atoms with Crippen LogP contribution in [0.3, 0.4) is 0 Å². The highest BCUT2D eigenvalue weighted by Crippen LogP contribution is 2.37. The first kappa shape index (κ1) is 13.6. The van der Waals surface area contributed by atoms with E-state index in [4.69, 9.17) is 4.74 Å². The molecule has 0 aliphatic heterocycles. The van der Waals surface area contributed by atoms with Gasteiger partial charge in [-0.3, -0.25) is 4.57 Å². The van der Waals surface area contributed by atoms with E-state index in [-0.39, 0.29) is 11.7 Å². The van der Waals surface area contributed by atoms with Crippen LogP contribution in [0.2, 0.25) is 0 Å².